The van der Waals surface area contributed by atoms with Crippen molar-refractivity contribution in [2.24, 2.45) is 0 Å². The van der Waals surface area contributed by atoms with Crippen molar-refractivity contribution in [1.82, 2.24) is 0 Å². The molecule has 0 radical (unpaired) electrons. The zero-order chi connectivity index (χ0) is 11.5. The number of nitrogens with one attached hydrogen (secondary N) is 1. The van der Waals surface area contributed by atoms with Crippen LogP contribution in [-0.4, -0.2) is 6.04 Å². The molecule has 1 aliphatic rings. The van der Waals surface area contributed by atoms with E-state index in [1.54, 1.807) is 0 Å². The van der Waals surface area contributed by atoms with Crippen molar-refractivity contribution in [3.8, 4) is 0 Å². The number of anilines is 2. The standard InChI is InChI=1S/C12H14F2N2/c13-10-6-8(15)7-11(14)12(10)16-9-4-2-1-3-5-9/h1-2,6-7,9,16H,3-5,15H2. The molecule has 4 heteroatoms. The molecule has 1 aliphatic carbocycles. The largest absolute Gasteiger partial charge is 0.399 e. The summed E-state index contributed by atoms with van der Waals surface area (Å²) in [5, 5.41) is 2.89. The van der Waals surface area contributed by atoms with Crippen LogP contribution in [0.5, 0.6) is 0 Å². The van der Waals surface area contributed by atoms with Gasteiger partial charge in [0.25, 0.3) is 0 Å². The maximum Gasteiger partial charge on any atom is 0.151 e. The number of nitrogens with two attached hydrogens (primary N) is 1. The highest BCUT2D eigenvalue weighted by molar-refractivity contribution is 5.54. The summed E-state index contributed by atoms with van der Waals surface area (Å²) in [6.07, 6.45) is 6.72. The molecule has 86 valence electrons. The zero-order valence-electron chi connectivity index (χ0n) is 8.84. The van der Waals surface area contributed by atoms with Gasteiger partial charge in [0, 0.05) is 11.7 Å². The van der Waals surface area contributed by atoms with E-state index in [1.165, 1.54) is 0 Å². The van der Waals surface area contributed by atoms with Crippen LogP contribution >= 0.6 is 0 Å². The lowest BCUT2D eigenvalue weighted by atomic mass is 10.0. The number of nitrogen functional groups attached to an aromatic ring is 1. The minimum Gasteiger partial charge on any atom is -0.399 e. The van der Waals surface area contributed by atoms with Crippen molar-refractivity contribution < 1.29 is 8.78 Å². The van der Waals surface area contributed by atoms with Gasteiger partial charge < -0.3 is 11.1 Å². The fourth-order valence-corrected chi connectivity index (χ4v) is 1.86. The van der Waals surface area contributed by atoms with E-state index in [9.17, 15) is 8.78 Å². The summed E-state index contributed by atoms with van der Waals surface area (Å²) in [6, 6.07) is 2.35. The summed E-state index contributed by atoms with van der Waals surface area (Å²) < 4.78 is 26.9. The molecule has 2 nitrogen and oxygen atoms in total. The van der Waals surface area contributed by atoms with Crippen LogP contribution in [0.25, 0.3) is 0 Å². The highest BCUT2D eigenvalue weighted by Crippen LogP contribution is 2.25. The van der Waals surface area contributed by atoms with Crippen molar-refractivity contribution in [3.63, 3.8) is 0 Å². The van der Waals surface area contributed by atoms with Gasteiger partial charge in [0.05, 0.1) is 0 Å². The monoisotopic (exact) mass is 224 g/mol. The molecular formula is C12H14F2N2. The summed E-state index contributed by atoms with van der Waals surface area (Å²) in [5.74, 6) is -1.26. The lowest BCUT2D eigenvalue weighted by Crippen LogP contribution is -2.21. The van der Waals surface area contributed by atoms with Crippen molar-refractivity contribution in [2.45, 2.75) is 25.3 Å². The maximum absolute atomic E-state index is 13.5. The summed E-state index contributed by atoms with van der Waals surface area (Å²) >= 11 is 0. The first-order chi connectivity index (χ1) is 7.66. The average molecular weight is 224 g/mol. The molecule has 0 saturated carbocycles. The van der Waals surface area contributed by atoms with Crippen LogP contribution in [0.2, 0.25) is 0 Å². The first-order valence-electron chi connectivity index (χ1n) is 5.33. The van der Waals surface area contributed by atoms with Gasteiger partial charge in [-0.2, -0.15) is 0 Å². The van der Waals surface area contributed by atoms with Gasteiger partial charge >= 0.3 is 0 Å². The molecule has 1 aromatic rings. The van der Waals surface area contributed by atoms with E-state index in [2.05, 4.69) is 11.4 Å². The van der Waals surface area contributed by atoms with Gasteiger partial charge in [-0.15, -0.1) is 0 Å². The highest BCUT2D eigenvalue weighted by Gasteiger charge is 2.15. The fraction of sp³-hybridized carbons (Fsp3) is 0.333. The molecule has 0 aliphatic heterocycles. The molecule has 1 atom stereocenters. The molecular weight excluding hydrogens is 210 g/mol. The van der Waals surface area contributed by atoms with Crippen molar-refractivity contribution in [1.29, 1.82) is 0 Å². The predicted molar refractivity (Wildman–Crippen MR) is 61.2 cm³/mol. The summed E-state index contributed by atoms with van der Waals surface area (Å²) in [4.78, 5) is 0. The fourth-order valence-electron chi connectivity index (χ4n) is 1.86. The molecule has 16 heavy (non-hydrogen) atoms. The van der Waals surface area contributed by atoms with Crippen molar-refractivity contribution >= 4 is 11.4 Å². The Balaban J connectivity index is 2.17. The van der Waals surface area contributed by atoms with Crippen LogP contribution < -0.4 is 11.1 Å². The lowest BCUT2D eigenvalue weighted by molar-refractivity contribution is 0.572. The van der Waals surface area contributed by atoms with E-state index in [0.717, 1.165) is 31.4 Å². The van der Waals surface area contributed by atoms with Gasteiger partial charge in [0.2, 0.25) is 0 Å². The Morgan fingerprint density at radius 2 is 1.88 bits per heavy atom. The molecule has 0 fully saturated rings. The van der Waals surface area contributed by atoms with Gasteiger partial charge in [-0.1, -0.05) is 12.2 Å². The topological polar surface area (TPSA) is 38.0 Å². The second kappa shape index (κ2) is 4.51. The van der Waals surface area contributed by atoms with E-state index in [1.807, 2.05) is 6.08 Å². The van der Waals surface area contributed by atoms with Crippen LogP contribution in [0.3, 0.4) is 0 Å². The number of allylic oxidation sites excluding steroid dienone is 1. The van der Waals surface area contributed by atoms with Crippen LogP contribution in [0.4, 0.5) is 20.2 Å². The molecule has 0 heterocycles. The Hall–Kier alpha value is -1.58. The SMILES string of the molecule is Nc1cc(F)c(NC2CC=CCC2)c(F)c1. The van der Waals surface area contributed by atoms with Crippen LogP contribution in [-0.2, 0) is 0 Å². The molecule has 0 bridgehead atoms. The third-order valence-electron chi connectivity index (χ3n) is 2.68. The quantitative estimate of drug-likeness (QED) is 0.598. The molecule has 3 N–H and O–H groups in total. The zero-order valence-corrected chi connectivity index (χ0v) is 8.84. The number of hydrogen-bond donors (Lipinski definition) is 2. The predicted octanol–water partition coefficient (Wildman–Crippen LogP) is 3.07. The van der Waals surface area contributed by atoms with Crippen LogP contribution in [0, 0.1) is 11.6 Å². The summed E-state index contributed by atoms with van der Waals surface area (Å²) in [7, 11) is 0. The number of hydrogen-bond acceptors (Lipinski definition) is 2. The summed E-state index contributed by atoms with van der Waals surface area (Å²) in [5.41, 5.74) is 5.37. The Kier molecular flexibility index (Phi) is 3.08. The van der Waals surface area contributed by atoms with Crippen LogP contribution in [0.1, 0.15) is 19.3 Å². The van der Waals surface area contributed by atoms with E-state index < -0.39 is 11.6 Å². The van der Waals surface area contributed by atoms with Crippen LogP contribution in [0.15, 0.2) is 24.3 Å². The highest BCUT2D eigenvalue weighted by atomic mass is 19.1. The average Bonchev–Trinajstić information content (AvgIpc) is 2.25. The van der Waals surface area contributed by atoms with Gasteiger partial charge in [0.15, 0.2) is 11.6 Å². The van der Waals surface area contributed by atoms with Gasteiger partial charge in [0.1, 0.15) is 5.69 Å². The third kappa shape index (κ3) is 2.32. The first kappa shape index (κ1) is 10.9. The van der Waals surface area contributed by atoms with Gasteiger partial charge in [-0.25, -0.2) is 8.78 Å². The molecule has 0 aromatic heterocycles. The number of halogens is 2. The molecule has 0 amide bonds. The van der Waals surface area contributed by atoms with E-state index in [4.69, 9.17) is 5.73 Å². The van der Waals surface area contributed by atoms with Gasteiger partial charge in [-0.05, 0) is 31.4 Å². The second-order valence-corrected chi connectivity index (χ2v) is 3.99. The van der Waals surface area contributed by atoms with Crippen molar-refractivity contribution in [3.05, 3.63) is 35.9 Å². The second-order valence-electron chi connectivity index (χ2n) is 3.99. The Bertz CT molecular complexity index is 392. The summed E-state index contributed by atoms with van der Waals surface area (Å²) in [6.45, 7) is 0. The molecule has 0 saturated heterocycles. The number of benzene rings is 1. The van der Waals surface area contributed by atoms with E-state index in [-0.39, 0.29) is 17.4 Å². The molecule has 2 rings (SSSR count). The van der Waals surface area contributed by atoms with E-state index >= 15 is 0 Å². The smallest absolute Gasteiger partial charge is 0.151 e. The molecule has 0 spiro atoms. The minimum atomic E-state index is -0.632. The lowest BCUT2D eigenvalue weighted by Gasteiger charge is -2.21. The Morgan fingerprint density at radius 3 is 2.44 bits per heavy atom. The number of rotatable bonds is 2. The first-order valence-corrected chi connectivity index (χ1v) is 5.33. The maximum atomic E-state index is 13.5. The minimum absolute atomic E-state index is 0.0745. The third-order valence-corrected chi connectivity index (χ3v) is 2.68. The Labute approximate surface area is 93.1 Å². The Morgan fingerprint density at radius 1 is 1.19 bits per heavy atom. The van der Waals surface area contributed by atoms with E-state index in [0.29, 0.717) is 0 Å². The molecule has 1 unspecified atom stereocenters. The van der Waals surface area contributed by atoms with Gasteiger partial charge in [-0.3, -0.25) is 0 Å². The van der Waals surface area contributed by atoms with Crippen molar-refractivity contribution in [2.75, 3.05) is 11.1 Å². The normalized spacial score (nSPS) is 19.8. The molecule has 1 aromatic carbocycles.